The van der Waals surface area contributed by atoms with E-state index in [1.54, 1.807) is 0 Å². The lowest BCUT2D eigenvalue weighted by Gasteiger charge is -2.20. The zero-order valence-electron chi connectivity index (χ0n) is 8.43. The second-order valence-electron chi connectivity index (χ2n) is 3.78. The van der Waals surface area contributed by atoms with Crippen molar-refractivity contribution >= 4 is 5.95 Å². The topological polar surface area (TPSA) is 49.3 Å². The summed E-state index contributed by atoms with van der Waals surface area (Å²) in [5.74, 6) is 0.530. The molecule has 1 aliphatic rings. The molecule has 5 heteroatoms. The van der Waals surface area contributed by atoms with Crippen LogP contribution in [0, 0.1) is 0 Å². The number of aromatic hydroxyl groups is 1. The van der Waals surface area contributed by atoms with Crippen molar-refractivity contribution in [3.05, 3.63) is 12.4 Å². The Hall–Kier alpha value is -1.39. The van der Waals surface area contributed by atoms with E-state index in [4.69, 9.17) is 5.11 Å². The molecule has 1 aromatic rings. The first-order valence-electron chi connectivity index (χ1n) is 5.16. The van der Waals surface area contributed by atoms with Crippen LogP contribution in [0.1, 0.15) is 19.3 Å². The fourth-order valence-corrected chi connectivity index (χ4v) is 1.75. The Morgan fingerprint density at radius 1 is 1.33 bits per heavy atom. The molecule has 0 saturated carbocycles. The van der Waals surface area contributed by atoms with Gasteiger partial charge < -0.3 is 10.0 Å². The fourth-order valence-electron chi connectivity index (χ4n) is 1.75. The molecule has 2 rings (SSSR count). The predicted octanol–water partition coefficient (Wildman–Crippen LogP) is 1.51. The van der Waals surface area contributed by atoms with Crippen LogP contribution in [0.3, 0.4) is 0 Å². The average molecular weight is 211 g/mol. The highest BCUT2D eigenvalue weighted by atomic mass is 19.1. The van der Waals surface area contributed by atoms with Crippen LogP contribution in [-0.4, -0.2) is 34.3 Å². The second kappa shape index (κ2) is 4.42. The van der Waals surface area contributed by atoms with E-state index in [1.165, 1.54) is 12.4 Å². The maximum atomic E-state index is 13.3. The van der Waals surface area contributed by atoms with Crippen molar-refractivity contribution in [2.45, 2.75) is 25.4 Å². The zero-order chi connectivity index (χ0) is 10.7. The van der Waals surface area contributed by atoms with Crippen LogP contribution in [0.15, 0.2) is 12.4 Å². The molecule has 1 fully saturated rings. The molecule has 1 saturated heterocycles. The SMILES string of the molecule is Oc1cnc(N2CCCCC(F)C2)nc1. The third-order valence-electron chi connectivity index (χ3n) is 2.52. The summed E-state index contributed by atoms with van der Waals surface area (Å²) in [5.41, 5.74) is 0. The molecule has 15 heavy (non-hydrogen) atoms. The number of aromatic nitrogens is 2. The smallest absolute Gasteiger partial charge is 0.225 e. The summed E-state index contributed by atoms with van der Waals surface area (Å²) in [5, 5.41) is 9.04. The molecular formula is C10H14FN3O. The lowest BCUT2D eigenvalue weighted by atomic mass is 10.2. The molecule has 1 atom stereocenters. The van der Waals surface area contributed by atoms with Crippen molar-refractivity contribution in [1.29, 1.82) is 0 Å². The van der Waals surface area contributed by atoms with Gasteiger partial charge in [-0.3, -0.25) is 0 Å². The van der Waals surface area contributed by atoms with Crippen molar-refractivity contribution in [3.8, 4) is 5.75 Å². The highest BCUT2D eigenvalue weighted by Crippen LogP contribution is 2.18. The highest BCUT2D eigenvalue weighted by molar-refractivity contribution is 5.31. The van der Waals surface area contributed by atoms with E-state index in [-0.39, 0.29) is 5.75 Å². The van der Waals surface area contributed by atoms with Gasteiger partial charge in [0, 0.05) is 6.54 Å². The molecule has 1 aliphatic heterocycles. The third-order valence-corrected chi connectivity index (χ3v) is 2.52. The van der Waals surface area contributed by atoms with Gasteiger partial charge in [-0.1, -0.05) is 0 Å². The Bertz CT molecular complexity index is 317. The summed E-state index contributed by atoms with van der Waals surface area (Å²) < 4.78 is 13.3. The van der Waals surface area contributed by atoms with Gasteiger partial charge in [0.1, 0.15) is 6.17 Å². The maximum absolute atomic E-state index is 13.3. The van der Waals surface area contributed by atoms with E-state index in [0.29, 0.717) is 18.9 Å². The van der Waals surface area contributed by atoms with E-state index in [9.17, 15) is 4.39 Å². The number of rotatable bonds is 1. The van der Waals surface area contributed by atoms with Crippen LogP contribution in [-0.2, 0) is 0 Å². The molecule has 0 amide bonds. The van der Waals surface area contributed by atoms with Crippen LogP contribution < -0.4 is 4.90 Å². The molecular weight excluding hydrogens is 197 g/mol. The quantitative estimate of drug-likeness (QED) is 0.765. The third kappa shape index (κ3) is 2.55. The molecule has 0 radical (unpaired) electrons. The standard InChI is InChI=1S/C10H14FN3O/c11-8-3-1-2-4-14(7-8)10-12-5-9(15)6-13-10/h5-6,8,15H,1-4,7H2. The van der Waals surface area contributed by atoms with Crippen molar-refractivity contribution in [2.75, 3.05) is 18.0 Å². The molecule has 0 aliphatic carbocycles. The molecule has 1 unspecified atom stereocenters. The number of alkyl halides is 1. The Kier molecular flexibility index (Phi) is 2.99. The fraction of sp³-hybridized carbons (Fsp3) is 0.600. The van der Waals surface area contributed by atoms with Crippen LogP contribution in [0.2, 0.25) is 0 Å². The monoisotopic (exact) mass is 211 g/mol. The Morgan fingerprint density at radius 2 is 2.07 bits per heavy atom. The average Bonchev–Trinajstić information content (AvgIpc) is 2.44. The first kappa shape index (κ1) is 10.1. The van der Waals surface area contributed by atoms with Crippen molar-refractivity contribution in [3.63, 3.8) is 0 Å². The van der Waals surface area contributed by atoms with Gasteiger partial charge in [0.05, 0.1) is 18.9 Å². The largest absolute Gasteiger partial charge is 0.505 e. The van der Waals surface area contributed by atoms with E-state index in [0.717, 1.165) is 19.4 Å². The van der Waals surface area contributed by atoms with Gasteiger partial charge >= 0.3 is 0 Å². The summed E-state index contributed by atoms with van der Waals surface area (Å²) >= 11 is 0. The van der Waals surface area contributed by atoms with Gasteiger partial charge in [0.25, 0.3) is 0 Å². The zero-order valence-corrected chi connectivity index (χ0v) is 8.43. The lowest BCUT2D eigenvalue weighted by Crippen LogP contribution is -2.30. The maximum Gasteiger partial charge on any atom is 0.225 e. The highest BCUT2D eigenvalue weighted by Gasteiger charge is 2.19. The molecule has 0 bridgehead atoms. The first-order valence-corrected chi connectivity index (χ1v) is 5.16. The van der Waals surface area contributed by atoms with E-state index < -0.39 is 6.17 Å². The van der Waals surface area contributed by atoms with Gasteiger partial charge in [-0.25, -0.2) is 14.4 Å². The number of hydrogen-bond donors (Lipinski definition) is 1. The van der Waals surface area contributed by atoms with Crippen molar-refractivity contribution in [2.24, 2.45) is 0 Å². The molecule has 1 N–H and O–H groups in total. The molecule has 0 spiro atoms. The molecule has 4 nitrogen and oxygen atoms in total. The number of nitrogens with zero attached hydrogens (tertiary/aromatic N) is 3. The number of halogens is 1. The summed E-state index contributed by atoms with van der Waals surface area (Å²) in [6, 6.07) is 0. The Morgan fingerprint density at radius 3 is 2.80 bits per heavy atom. The molecule has 82 valence electrons. The summed E-state index contributed by atoms with van der Waals surface area (Å²) in [4.78, 5) is 9.78. The molecule has 0 aromatic carbocycles. The van der Waals surface area contributed by atoms with Gasteiger partial charge in [-0.15, -0.1) is 0 Å². The first-order chi connectivity index (χ1) is 7.25. The van der Waals surface area contributed by atoms with Gasteiger partial charge in [0.2, 0.25) is 5.95 Å². The van der Waals surface area contributed by atoms with Gasteiger partial charge in [-0.05, 0) is 19.3 Å². The minimum Gasteiger partial charge on any atom is -0.505 e. The van der Waals surface area contributed by atoms with E-state index >= 15 is 0 Å². The number of hydrogen-bond acceptors (Lipinski definition) is 4. The normalized spacial score (nSPS) is 22.5. The van der Waals surface area contributed by atoms with Crippen LogP contribution in [0.4, 0.5) is 10.3 Å². The summed E-state index contributed by atoms with van der Waals surface area (Å²) in [6.07, 6.45) is 4.36. The minimum atomic E-state index is -0.801. The van der Waals surface area contributed by atoms with Crippen LogP contribution >= 0.6 is 0 Å². The van der Waals surface area contributed by atoms with Crippen LogP contribution in [0.25, 0.3) is 0 Å². The minimum absolute atomic E-state index is 0.0328. The van der Waals surface area contributed by atoms with E-state index in [2.05, 4.69) is 9.97 Å². The summed E-state index contributed by atoms with van der Waals surface area (Å²) in [6.45, 7) is 1.13. The van der Waals surface area contributed by atoms with Crippen molar-refractivity contribution in [1.82, 2.24) is 9.97 Å². The summed E-state index contributed by atoms with van der Waals surface area (Å²) in [7, 11) is 0. The Labute approximate surface area is 87.8 Å². The lowest BCUT2D eigenvalue weighted by molar-refractivity contribution is 0.323. The van der Waals surface area contributed by atoms with Crippen molar-refractivity contribution < 1.29 is 9.50 Å². The molecule has 2 heterocycles. The number of anilines is 1. The predicted molar refractivity (Wildman–Crippen MR) is 54.7 cm³/mol. The van der Waals surface area contributed by atoms with Crippen LogP contribution in [0.5, 0.6) is 5.75 Å². The van der Waals surface area contributed by atoms with E-state index in [1.807, 2.05) is 4.90 Å². The molecule has 1 aromatic heterocycles. The Balaban J connectivity index is 2.11. The second-order valence-corrected chi connectivity index (χ2v) is 3.78. The van der Waals surface area contributed by atoms with Gasteiger partial charge in [-0.2, -0.15) is 0 Å². The van der Waals surface area contributed by atoms with Gasteiger partial charge in [0.15, 0.2) is 5.75 Å².